The molecule has 0 aliphatic heterocycles. The summed E-state index contributed by atoms with van der Waals surface area (Å²) in [7, 11) is 0. The predicted molar refractivity (Wildman–Crippen MR) is 46.8 cm³/mol. The van der Waals surface area contributed by atoms with E-state index in [2.05, 4.69) is 41.8 Å². The molecular formula is C6H6Br2N2. The Morgan fingerprint density at radius 1 is 1.50 bits per heavy atom. The van der Waals surface area contributed by atoms with Gasteiger partial charge in [-0.1, -0.05) is 6.92 Å². The van der Waals surface area contributed by atoms with Crippen molar-refractivity contribution in [3.63, 3.8) is 0 Å². The van der Waals surface area contributed by atoms with Gasteiger partial charge in [0.15, 0.2) is 0 Å². The lowest BCUT2D eigenvalue weighted by atomic mass is 10.4. The van der Waals surface area contributed by atoms with Crippen LogP contribution in [0.4, 0.5) is 0 Å². The van der Waals surface area contributed by atoms with Crippen LogP contribution >= 0.6 is 31.9 Å². The van der Waals surface area contributed by atoms with Gasteiger partial charge in [0.25, 0.3) is 0 Å². The van der Waals surface area contributed by atoms with Crippen molar-refractivity contribution in [2.75, 3.05) is 0 Å². The summed E-state index contributed by atoms with van der Waals surface area (Å²) in [4.78, 5) is 8.22. The molecule has 0 radical (unpaired) electrons. The van der Waals surface area contributed by atoms with Crippen molar-refractivity contribution >= 4 is 31.9 Å². The van der Waals surface area contributed by atoms with E-state index in [9.17, 15) is 0 Å². The van der Waals surface area contributed by atoms with Crippen LogP contribution in [0.1, 0.15) is 12.7 Å². The molecule has 0 N–H and O–H groups in total. The Morgan fingerprint density at radius 3 is 2.70 bits per heavy atom. The monoisotopic (exact) mass is 264 g/mol. The van der Waals surface area contributed by atoms with E-state index in [1.165, 1.54) is 0 Å². The lowest BCUT2D eigenvalue weighted by Crippen LogP contribution is -1.91. The van der Waals surface area contributed by atoms with E-state index in [4.69, 9.17) is 0 Å². The molecule has 54 valence electrons. The first-order valence-electron chi connectivity index (χ1n) is 2.91. The van der Waals surface area contributed by atoms with Crippen molar-refractivity contribution in [2.45, 2.75) is 13.3 Å². The van der Waals surface area contributed by atoms with Crippen molar-refractivity contribution < 1.29 is 0 Å². The van der Waals surface area contributed by atoms with E-state index in [1.54, 1.807) is 6.20 Å². The van der Waals surface area contributed by atoms with Gasteiger partial charge in [-0.15, -0.1) is 0 Å². The highest BCUT2D eigenvalue weighted by atomic mass is 79.9. The Kier molecular flexibility index (Phi) is 2.80. The fourth-order valence-electron chi connectivity index (χ4n) is 0.550. The van der Waals surface area contributed by atoms with E-state index < -0.39 is 0 Å². The van der Waals surface area contributed by atoms with E-state index in [0.717, 1.165) is 21.3 Å². The Morgan fingerprint density at radius 2 is 2.20 bits per heavy atom. The lowest BCUT2D eigenvalue weighted by molar-refractivity contribution is 0.921. The molecule has 0 aliphatic rings. The molecule has 1 rings (SSSR count). The predicted octanol–water partition coefficient (Wildman–Crippen LogP) is 2.56. The normalized spacial score (nSPS) is 9.90. The van der Waals surface area contributed by atoms with Crippen LogP contribution < -0.4 is 0 Å². The summed E-state index contributed by atoms with van der Waals surface area (Å²) >= 11 is 6.58. The minimum atomic E-state index is 0.819. The quantitative estimate of drug-likeness (QED) is 0.730. The third-order valence-corrected chi connectivity index (χ3v) is 2.78. The van der Waals surface area contributed by atoms with Crippen molar-refractivity contribution in [3.05, 3.63) is 21.1 Å². The van der Waals surface area contributed by atoms with Gasteiger partial charge in [0, 0.05) is 12.6 Å². The SMILES string of the molecule is CCc1ncc(Br)c(Br)n1. The second-order valence-corrected chi connectivity index (χ2v) is 3.38. The van der Waals surface area contributed by atoms with Gasteiger partial charge in [-0.3, -0.25) is 0 Å². The van der Waals surface area contributed by atoms with Crippen LogP contribution in [0.2, 0.25) is 0 Å². The van der Waals surface area contributed by atoms with Crippen LogP contribution in [0, 0.1) is 0 Å². The summed E-state index contributed by atoms with van der Waals surface area (Å²) in [6, 6.07) is 0. The molecule has 0 saturated heterocycles. The van der Waals surface area contributed by atoms with E-state index >= 15 is 0 Å². The summed E-state index contributed by atoms with van der Waals surface area (Å²) in [5.41, 5.74) is 0. The summed E-state index contributed by atoms with van der Waals surface area (Å²) in [6.45, 7) is 2.02. The molecule has 0 saturated carbocycles. The number of nitrogens with zero attached hydrogens (tertiary/aromatic N) is 2. The summed E-state index contributed by atoms with van der Waals surface area (Å²) in [6.07, 6.45) is 2.61. The molecule has 4 heteroatoms. The fraction of sp³-hybridized carbons (Fsp3) is 0.333. The minimum Gasteiger partial charge on any atom is -0.240 e. The zero-order valence-electron chi connectivity index (χ0n) is 5.43. The maximum Gasteiger partial charge on any atom is 0.129 e. The third-order valence-electron chi connectivity index (χ3n) is 1.07. The molecule has 1 aromatic rings. The molecule has 0 aromatic carbocycles. The first kappa shape index (κ1) is 8.14. The highest BCUT2D eigenvalue weighted by Gasteiger charge is 1.98. The summed E-state index contributed by atoms with van der Waals surface area (Å²) in [5, 5.41) is 0. The van der Waals surface area contributed by atoms with Gasteiger partial charge < -0.3 is 0 Å². The second kappa shape index (κ2) is 3.44. The highest BCUT2D eigenvalue weighted by Crippen LogP contribution is 2.18. The first-order valence-corrected chi connectivity index (χ1v) is 4.49. The molecule has 0 aliphatic carbocycles. The van der Waals surface area contributed by atoms with Crippen LogP contribution in [0.25, 0.3) is 0 Å². The average Bonchev–Trinajstić information content (AvgIpc) is 1.95. The van der Waals surface area contributed by atoms with E-state index in [-0.39, 0.29) is 0 Å². The molecule has 2 nitrogen and oxygen atoms in total. The highest BCUT2D eigenvalue weighted by molar-refractivity contribution is 9.13. The third kappa shape index (κ3) is 1.76. The number of halogens is 2. The van der Waals surface area contributed by atoms with Crippen LogP contribution in [-0.4, -0.2) is 9.97 Å². The molecule has 1 heterocycles. The van der Waals surface area contributed by atoms with Gasteiger partial charge in [0.05, 0.1) is 4.47 Å². The Hall–Kier alpha value is 0.0400. The molecule has 0 bridgehead atoms. The van der Waals surface area contributed by atoms with Crippen molar-refractivity contribution in [3.8, 4) is 0 Å². The maximum atomic E-state index is 4.15. The largest absolute Gasteiger partial charge is 0.240 e. The number of aromatic nitrogens is 2. The number of hydrogen-bond acceptors (Lipinski definition) is 2. The average molecular weight is 266 g/mol. The van der Waals surface area contributed by atoms with Crippen molar-refractivity contribution in [2.24, 2.45) is 0 Å². The molecule has 0 unspecified atom stereocenters. The van der Waals surface area contributed by atoms with Gasteiger partial charge in [0.2, 0.25) is 0 Å². The zero-order chi connectivity index (χ0) is 7.56. The Bertz CT molecular complexity index is 237. The summed E-state index contributed by atoms with van der Waals surface area (Å²) < 4.78 is 1.71. The van der Waals surface area contributed by atoms with Gasteiger partial charge >= 0.3 is 0 Å². The van der Waals surface area contributed by atoms with Gasteiger partial charge in [-0.2, -0.15) is 0 Å². The molecule has 0 spiro atoms. The molecule has 0 fully saturated rings. The molecule has 0 atom stereocenters. The second-order valence-electron chi connectivity index (χ2n) is 1.78. The zero-order valence-corrected chi connectivity index (χ0v) is 8.61. The van der Waals surface area contributed by atoms with Crippen molar-refractivity contribution in [1.82, 2.24) is 9.97 Å². The van der Waals surface area contributed by atoms with Gasteiger partial charge in [0.1, 0.15) is 10.4 Å². The van der Waals surface area contributed by atoms with Crippen LogP contribution in [0.3, 0.4) is 0 Å². The van der Waals surface area contributed by atoms with Crippen LogP contribution in [0.15, 0.2) is 15.3 Å². The summed E-state index contributed by atoms with van der Waals surface area (Å²) in [5.74, 6) is 0.857. The maximum absolute atomic E-state index is 4.15. The smallest absolute Gasteiger partial charge is 0.129 e. The molecule has 0 amide bonds. The Balaban J connectivity index is 3.04. The fourth-order valence-corrected chi connectivity index (χ4v) is 1.05. The number of rotatable bonds is 1. The Labute approximate surface area is 76.3 Å². The minimum absolute atomic E-state index is 0.819. The van der Waals surface area contributed by atoms with Crippen LogP contribution in [-0.2, 0) is 6.42 Å². The van der Waals surface area contributed by atoms with Gasteiger partial charge in [-0.25, -0.2) is 9.97 Å². The number of hydrogen-bond donors (Lipinski definition) is 0. The van der Waals surface area contributed by atoms with E-state index in [1.807, 2.05) is 6.92 Å². The standard InChI is InChI=1S/C6H6Br2N2/c1-2-5-9-3-4(7)6(8)10-5/h3H,2H2,1H3. The lowest BCUT2D eigenvalue weighted by Gasteiger charge is -1.96. The molecule has 10 heavy (non-hydrogen) atoms. The topological polar surface area (TPSA) is 25.8 Å². The van der Waals surface area contributed by atoms with Gasteiger partial charge in [-0.05, 0) is 31.9 Å². The molecule has 1 aromatic heterocycles. The van der Waals surface area contributed by atoms with Crippen molar-refractivity contribution in [1.29, 1.82) is 0 Å². The first-order chi connectivity index (χ1) is 4.74. The van der Waals surface area contributed by atoms with Crippen LogP contribution in [0.5, 0.6) is 0 Å². The number of aryl methyl sites for hydroxylation is 1. The molecular weight excluding hydrogens is 260 g/mol. The van der Waals surface area contributed by atoms with E-state index in [0.29, 0.717) is 0 Å².